The third-order valence-electron chi connectivity index (χ3n) is 3.45. The molecule has 1 N–H and O–H groups in total. The summed E-state index contributed by atoms with van der Waals surface area (Å²) in [6.07, 6.45) is 4.66. The number of rotatable bonds is 17. The molecule has 0 saturated heterocycles. The zero-order valence-corrected chi connectivity index (χ0v) is 14.7. The van der Waals surface area contributed by atoms with Gasteiger partial charge in [-0.05, 0) is 24.8 Å². The van der Waals surface area contributed by atoms with Crippen molar-refractivity contribution in [2.24, 2.45) is 0 Å². The second-order valence-electron chi connectivity index (χ2n) is 5.47. The van der Waals surface area contributed by atoms with Gasteiger partial charge in [0.1, 0.15) is 0 Å². The highest BCUT2D eigenvalue weighted by molar-refractivity contribution is 5.14. The number of hydrogen-bond donors (Lipinski definition) is 1. The molecule has 1 aromatic rings. The van der Waals surface area contributed by atoms with Gasteiger partial charge in [0.15, 0.2) is 0 Å². The minimum Gasteiger partial charge on any atom is -0.394 e. The van der Waals surface area contributed by atoms with Crippen molar-refractivity contribution in [3.05, 3.63) is 35.9 Å². The van der Waals surface area contributed by atoms with Crippen LogP contribution in [0.1, 0.15) is 24.8 Å². The number of benzene rings is 1. The van der Waals surface area contributed by atoms with E-state index in [4.69, 9.17) is 24.1 Å². The van der Waals surface area contributed by atoms with Crippen LogP contribution in [0.3, 0.4) is 0 Å². The smallest absolute Gasteiger partial charge is 0.0701 e. The second-order valence-corrected chi connectivity index (χ2v) is 5.47. The predicted octanol–water partition coefficient (Wildman–Crippen LogP) is 2.46. The van der Waals surface area contributed by atoms with Crippen molar-refractivity contribution in [2.45, 2.75) is 25.7 Å². The first-order valence-corrected chi connectivity index (χ1v) is 8.89. The fourth-order valence-corrected chi connectivity index (χ4v) is 2.18. The molecule has 0 aliphatic carbocycles. The summed E-state index contributed by atoms with van der Waals surface area (Å²) in [7, 11) is 0. The quantitative estimate of drug-likeness (QED) is 0.442. The summed E-state index contributed by atoms with van der Waals surface area (Å²) in [5.74, 6) is 0. The third kappa shape index (κ3) is 13.5. The van der Waals surface area contributed by atoms with Gasteiger partial charge in [-0.25, -0.2) is 0 Å². The number of hydrogen-bond acceptors (Lipinski definition) is 5. The van der Waals surface area contributed by atoms with Crippen molar-refractivity contribution in [3.63, 3.8) is 0 Å². The first-order valence-electron chi connectivity index (χ1n) is 8.89. The lowest BCUT2D eigenvalue weighted by atomic mass is 10.1. The molecular formula is C19H32O5. The first-order chi connectivity index (χ1) is 11.9. The summed E-state index contributed by atoms with van der Waals surface area (Å²) in [6, 6.07) is 10.6. The number of unbranched alkanes of at least 4 members (excludes halogenated alkanes) is 2. The second kappa shape index (κ2) is 16.9. The van der Waals surface area contributed by atoms with Gasteiger partial charge in [-0.15, -0.1) is 0 Å². The van der Waals surface area contributed by atoms with Crippen LogP contribution in [0.15, 0.2) is 30.3 Å². The molecule has 1 aromatic carbocycles. The Morgan fingerprint density at radius 2 is 1.12 bits per heavy atom. The van der Waals surface area contributed by atoms with Crippen LogP contribution >= 0.6 is 0 Å². The van der Waals surface area contributed by atoms with Crippen LogP contribution in [-0.2, 0) is 25.4 Å². The number of aryl methyl sites for hydroxylation is 1. The highest BCUT2D eigenvalue weighted by Gasteiger charge is 1.95. The van der Waals surface area contributed by atoms with Crippen molar-refractivity contribution in [1.82, 2.24) is 0 Å². The first kappa shape index (κ1) is 21.1. The van der Waals surface area contributed by atoms with E-state index in [-0.39, 0.29) is 6.61 Å². The SMILES string of the molecule is OCCOCCOCCOCCOCCCCCc1ccccc1. The highest BCUT2D eigenvalue weighted by atomic mass is 16.6. The number of aliphatic hydroxyl groups is 1. The Morgan fingerprint density at radius 3 is 1.71 bits per heavy atom. The molecule has 5 heteroatoms. The monoisotopic (exact) mass is 340 g/mol. The van der Waals surface area contributed by atoms with Gasteiger partial charge in [-0.2, -0.15) is 0 Å². The van der Waals surface area contributed by atoms with Crippen molar-refractivity contribution >= 4 is 0 Å². The van der Waals surface area contributed by atoms with Gasteiger partial charge >= 0.3 is 0 Å². The summed E-state index contributed by atoms with van der Waals surface area (Å²) in [6.45, 7) is 4.63. The van der Waals surface area contributed by atoms with Crippen LogP contribution in [0.4, 0.5) is 0 Å². The Morgan fingerprint density at radius 1 is 0.583 bits per heavy atom. The Labute approximate surface area is 145 Å². The maximum absolute atomic E-state index is 8.52. The molecule has 5 nitrogen and oxygen atoms in total. The average molecular weight is 340 g/mol. The lowest BCUT2D eigenvalue weighted by Crippen LogP contribution is -2.12. The minimum absolute atomic E-state index is 0.0517. The maximum atomic E-state index is 8.52. The molecule has 0 amide bonds. The fourth-order valence-electron chi connectivity index (χ4n) is 2.18. The van der Waals surface area contributed by atoms with Gasteiger partial charge in [0.2, 0.25) is 0 Å². The molecule has 0 aromatic heterocycles. The molecule has 0 aliphatic rings. The van der Waals surface area contributed by atoms with Crippen LogP contribution in [0.25, 0.3) is 0 Å². The van der Waals surface area contributed by atoms with Gasteiger partial charge < -0.3 is 24.1 Å². The molecule has 0 fully saturated rings. The van der Waals surface area contributed by atoms with Crippen LogP contribution in [0.5, 0.6) is 0 Å². The Bertz CT molecular complexity index is 358. The van der Waals surface area contributed by atoms with E-state index in [9.17, 15) is 0 Å². The summed E-state index contributed by atoms with van der Waals surface area (Å²) in [4.78, 5) is 0. The maximum Gasteiger partial charge on any atom is 0.0701 e. The molecule has 0 aliphatic heterocycles. The van der Waals surface area contributed by atoms with Crippen LogP contribution < -0.4 is 0 Å². The van der Waals surface area contributed by atoms with E-state index in [1.165, 1.54) is 18.4 Å². The molecule has 0 atom stereocenters. The van der Waals surface area contributed by atoms with Gasteiger partial charge in [0.05, 0.1) is 52.9 Å². The van der Waals surface area contributed by atoms with E-state index in [0.717, 1.165) is 19.4 Å². The summed E-state index contributed by atoms with van der Waals surface area (Å²) in [5.41, 5.74) is 1.41. The standard InChI is InChI=1S/C19H32O5/c20-10-12-22-14-16-24-18-17-23-15-13-21-11-6-2-5-9-19-7-3-1-4-8-19/h1,3-4,7-8,20H,2,5-6,9-18H2. The third-order valence-corrected chi connectivity index (χ3v) is 3.45. The average Bonchev–Trinajstić information content (AvgIpc) is 2.62. The lowest BCUT2D eigenvalue weighted by Gasteiger charge is -2.07. The molecule has 0 spiro atoms. The van der Waals surface area contributed by atoms with Gasteiger partial charge in [-0.3, -0.25) is 0 Å². The van der Waals surface area contributed by atoms with Gasteiger partial charge in [-0.1, -0.05) is 36.8 Å². The topological polar surface area (TPSA) is 57.2 Å². The molecule has 24 heavy (non-hydrogen) atoms. The molecule has 0 heterocycles. The largest absolute Gasteiger partial charge is 0.394 e. The number of ether oxygens (including phenoxy) is 4. The lowest BCUT2D eigenvalue weighted by molar-refractivity contribution is -0.00576. The molecular weight excluding hydrogens is 308 g/mol. The van der Waals surface area contributed by atoms with Crippen molar-refractivity contribution in [2.75, 3.05) is 59.5 Å². The van der Waals surface area contributed by atoms with Crippen molar-refractivity contribution < 1.29 is 24.1 Å². The van der Waals surface area contributed by atoms with Crippen LogP contribution in [0, 0.1) is 0 Å². The molecule has 0 bridgehead atoms. The molecule has 0 saturated carbocycles. The zero-order chi connectivity index (χ0) is 17.1. The summed E-state index contributed by atoms with van der Waals surface area (Å²) < 4.78 is 21.4. The molecule has 0 radical (unpaired) electrons. The van der Waals surface area contributed by atoms with E-state index in [2.05, 4.69) is 30.3 Å². The van der Waals surface area contributed by atoms with E-state index in [1.54, 1.807) is 0 Å². The molecule has 1 rings (SSSR count). The zero-order valence-electron chi connectivity index (χ0n) is 14.7. The minimum atomic E-state index is 0.0517. The Balaban J connectivity index is 1.70. The Hall–Kier alpha value is -0.980. The van der Waals surface area contributed by atoms with E-state index < -0.39 is 0 Å². The molecule has 0 unspecified atom stereocenters. The summed E-state index contributed by atoms with van der Waals surface area (Å²) >= 11 is 0. The van der Waals surface area contributed by atoms with E-state index in [1.807, 2.05) is 0 Å². The fraction of sp³-hybridized carbons (Fsp3) is 0.684. The molecule has 138 valence electrons. The summed E-state index contributed by atoms with van der Waals surface area (Å²) in [5, 5.41) is 8.52. The van der Waals surface area contributed by atoms with Crippen molar-refractivity contribution in [1.29, 1.82) is 0 Å². The highest BCUT2D eigenvalue weighted by Crippen LogP contribution is 2.06. The van der Waals surface area contributed by atoms with Crippen molar-refractivity contribution in [3.8, 4) is 0 Å². The van der Waals surface area contributed by atoms with Crippen LogP contribution in [0.2, 0.25) is 0 Å². The number of aliphatic hydroxyl groups excluding tert-OH is 1. The predicted molar refractivity (Wildman–Crippen MR) is 94.4 cm³/mol. The van der Waals surface area contributed by atoms with Gasteiger partial charge in [0.25, 0.3) is 0 Å². The Kier molecular flexibility index (Phi) is 14.8. The van der Waals surface area contributed by atoms with Gasteiger partial charge in [0, 0.05) is 6.61 Å². The normalized spacial score (nSPS) is 11.0. The van der Waals surface area contributed by atoms with E-state index in [0.29, 0.717) is 46.2 Å². The van der Waals surface area contributed by atoms with E-state index >= 15 is 0 Å². The van der Waals surface area contributed by atoms with Crippen LogP contribution in [-0.4, -0.2) is 64.6 Å².